The predicted octanol–water partition coefficient (Wildman–Crippen LogP) is 3.65. The van der Waals surface area contributed by atoms with E-state index in [1.54, 1.807) is 0 Å². The highest BCUT2D eigenvalue weighted by Crippen LogP contribution is 2.34. The summed E-state index contributed by atoms with van der Waals surface area (Å²) in [5.41, 5.74) is 6.45. The monoisotopic (exact) mass is 254 g/mol. The molecule has 108 valence electrons. The van der Waals surface area contributed by atoms with Gasteiger partial charge in [-0.05, 0) is 44.1 Å². The molecule has 0 saturated carbocycles. The first-order valence-electron chi connectivity index (χ1n) is 8.06. The number of likely N-dealkylation sites (tertiary alicyclic amines) is 1. The van der Waals surface area contributed by atoms with Gasteiger partial charge in [0.05, 0.1) is 0 Å². The summed E-state index contributed by atoms with van der Waals surface area (Å²) in [4.78, 5) is 2.72. The second-order valence-electron chi connectivity index (χ2n) is 6.39. The van der Waals surface area contributed by atoms with Gasteiger partial charge in [0.15, 0.2) is 0 Å². The number of hydrogen-bond donors (Lipinski definition) is 1. The van der Waals surface area contributed by atoms with Crippen molar-refractivity contribution in [2.45, 2.75) is 71.8 Å². The minimum absolute atomic E-state index is 0.276. The second-order valence-corrected chi connectivity index (χ2v) is 6.39. The molecule has 2 nitrogen and oxygen atoms in total. The highest BCUT2D eigenvalue weighted by atomic mass is 15.2. The molecule has 1 aliphatic heterocycles. The Labute approximate surface area is 114 Å². The summed E-state index contributed by atoms with van der Waals surface area (Å²) in [5.74, 6) is 1.71. The molecule has 0 aromatic carbocycles. The third-order valence-corrected chi connectivity index (χ3v) is 5.12. The van der Waals surface area contributed by atoms with Gasteiger partial charge in [0.25, 0.3) is 0 Å². The van der Waals surface area contributed by atoms with Crippen molar-refractivity contribution in [3.05, 3.63) is 0 Å². The van der Waals surface area contributed by atoms with Crippen LogP contribution in [-0.4, -0.2) is 30.1 Å². The smallest absolute Gasteiger partial charge is 0.0331 e. The van der Waals surface area contributed by atoms with Crippen molar-refractivity contribution in [1.29, 1.82) is 0 Å². The van der Waals surface area contributed by atoms with Crippen LogP contribution in [0.2, 0.25) is 0 Å². The Morgan fingerprint density at radius 2 is 2.06 bits per heavy atom. The number of nitrogens with two attached hydrogens (primary N) is 1. The Morgan fingerprint density at radius 1 is 1.33 bits per heavy atom. The van der Waals surface area contributed by atoms with Gasteiger partial charge < -0.3 is 5.73 Å². The third kappa shape index (κ3) is 3.71. The maximum Gasteiger partial charge on any atom is 0.0331 e. The van der Waals surface area contributed by atoms with Crippen LogP contribution in [0.15, 0.2) is 0 Å². The Hall–Kier alpha value is -0.0800. The molecule has 1 fully saturated rings. The van der Waals surface area contributed by atoms with Crippen molar-refractivity contribution in [3.63, 3.8) is 0 Å². The molecule has 0 aromatic heterocycles. The molecule has 2 heteroatoms. The number of rotatable bonds is 8. The van der Waals surface area contributed by atoms with Crippen molar-refractivity contribution >= 4 is 0 Å². The van der Waals surface area contributed by atoms with E-state index in [9.17, 15) is 0 Å². The first kappa shape index (κ1) is 16.0. The molecule has 0 amide bonds. The molecule has 1 heterocycles. The van der Waals surface area contributed by atoms with E-state index in [4.69, 9.17) is 5.73 Å². The van der Waals surface area contributed by atoms with Crippen molar-refractivity contribution in [2.75, 3.05) is 19.6 Å². The normalized spacial score (nSPS) is 26.2. The van der Waals surface area contributed by atoms with E-state index in [1.807, 2.05) is 0 Å². The van der Waals surface area contributed by atoms with Crippen LogP contribution in [0, 0.1) is 11.8 Å². The van der Waals surface area contributed by atoms with Crippen LogP contribution >= 0.6 is 0 Å². The van der Waals surface area contributed by atoms with Gasteiger partial charge in [-0.3, -0.25) is 4.90 Å². The molecule has 0 spiro atoms. The molecule has 18 heavy (non-hydrogen) atoms. The molecular weight excluding hydrogens is 220 g/mol. The molecule has 1 rings (SSSR count). The van der Waals surface area contributed by atoms with E-state index in [-0.39, 0.29) is 5.54 Å². The van der Waals surface area contributed by atoms with E-state index in [1.165, 1.54) is 51.6 Å². The van der Waals surface area contributed by atoms with Crippen molar-refractivity contribution in [1.82, 2.24) is 4.90 Å². The van der Waals surface area contributed by atoms with Gasteiger partial charge in [0, 0.05) is 18.6 Å². The van der Waals surface area contributed by atoms with E-state index in [2.05, 4.69) is 32.6 Å². The topological polar surface area (TPSA) is 29.3 Å². The average Bonchev–Trinajstić information content (AvgIpc) is 2.85. The summed E-state index contributed by atoms with van der Waals surface area (Å²) in [6.07, 6.45) is 7.85. The Bertz CT molecular complexity index is 223. The minimum atomic E-state index is 0.276. The molecule has 2 N–H and O–H groups in total. The summed E-state index contributed by atoms with van der Waals surface area (Å²) >= 11 is 0. The van der Waals surface area contributed by atoms with Crippen LogP contribution in [0.5, 0.6) is 0 Å². The molecular formula is C16H34N2. The fourth-order valence-corrected chi connectivity index (χ4v) is 3.55. The number of nitrogens with zero attached hydrogens (tertiary/aromatic N) is 1. The molecule has 0 aromatic rings. The molecule has 3 atom stereocenters. The first-order valence-corrected chi connectivity index (χ1v) is 8.06. The fraction of sp³-hybridized carbons (Fsp3) is 1.00. The molecule has 0 aliphatic carbocycles. The van der Waals surface area contributed by atoms with E-state index in [0.717, 1.165) is 18.4 Å². The molecule has 0 bridgehead atoms. The van der Waals surface area contributed by atoms with Gasteiger partial charge >= 0.3 is 0 Å². The summed E-state index contributed by atoms with van der Waals surface area (Å²) in [5, 5.41) is 0. The van der Waals surface area contributed by atoms with Crippen LogP contribution < -0.4 is 5.73 Å². The maximum atomic E-state index is 6.18. The lowest BCUT2D eigenvalue weighted by Gasteiger charge is -2.42. The lowest BCUT2D eigenvalue weighted by molar-refractivity contribution is 0.0862. The van der Waals surface area contributed by atoms with Gasteiger partial charge in [-0.15, -0.1) is 0 Å². The molecule has 1 saturated heterocycles. The Balaban J connectivity index is 2.66. The zero-order chi connectivity index (χ0) is 13.6. The van der Waals surface area contributed by atoms with Crippen LogP contribution in [-0.2, 0) is 0 Å². The van der Waals surface area contributed by atoms with Crippen LogP contribution in [0.25, 0.3) is 0 Å². The summed E-state index contributed by atoms with van der Waals surface area (Å²) in [6.45, 7) is 12.7. The zero-order valence-corrected chi connectivity index (χ0v) is 13.0. The van der Waals surface area contributed by atoms with E-state index < -0.39 is 0 Å². The van der Waals surface area contributed by atoms with Crippen molar-refractivity contribution in [3.8, 4) is 0 Å². The van der Waals surface area contributed by atoms with Gasteiger partial charge in [0.1, 0.15) is 0 Å². The summed E-state index contributed by atoms with van der Waals surface area (Å²) in [6, 6.07) is 0. The van der Waals surface area contributed by atoms with Gasteiger partial charge in [-0.2, -0.15) is 0 Å². The maximum absolute atomic E-state index is 6.18. The Kier molecular flexibility index (Phi) is 6.65. The average molecular weight is 254 g/mol. The number of hydrogen-bond acceptors (Lipinski definition) is 2. The van der Waals surface area contributed by atoms with Gasteiger partial charge in [0.2, 0.25) is 0 Å². The van der Waals surface area contributed by atoms with E-state index >= 15 is 0 Å². The predicted molar refractivity (Wildman–Crippen MR) is 80.7 cm³/mol. The van der Waals surface area contributed by atoms with Gasteiger partial charge in [-0.25, -0.2) is 0 Å². The second kappa shape index (κ2) is 7.49. The fourth-order valence-electron chi connectivity index (χ4n) is 3.55. The quantitative estimate of drug-likeness (QED) is 0.716. The zero-order valence-electron chi connectivity index (χ0n) is 13.0. The van der Waals surface area contributed by atoms with Crippen LogP contribution in [0.4, 0.5) is 0 Å². The highest BCUT2D eigenvalue weighted by Gasteiger charge is 2.38. The van der Waals surface area contributed by atoms with Crippen molar-refractivity contribution in [2.24, 2.45) is 17.6 Å². The third-order valence-electron chi connectivity index (χ3n) is 5.12. The van der Waals surface area contributed by atoms with Gasteiger partial charge in [-0.1, -0.05) is 40.5 Å². The first-order chi connectivity index (χ1) is 8.61. The standard InChI is InChI=1S/C16H34N2/c1-5-8-15-9-10-18(12-15)16(7-3,13-17)11-14(4)6-2/h14-15H,5-13,17H2,1-4H3. The summed E-state index contributed by atoms with van der Waals surface area (Å²) in [7, 11) is 0. The lowest BCUT2D eigenvalue weighted by Crippen LogP contribution is -2.53. The van der Waals surface area contributed by atoms with E-state index in [0.29, 0.717) is 0 Å². The summed E-state index contributed by atoms with van der Waals surface area (Å²) < 4.78 is 0. The largest absolute Gasteiger partial charge is 0.329 e. The van der Waals surface area contributed by atoms with Crippen molar-refractivity contribution < 1.29 is 0 Å². The molecule has 1 aliphatic rings. The highest BCUT2D eigenvalue weighted by molar-refractivity contribution is 4.95. The Morgan fingerprint density at radius 3 is 2.56 bits per heavy atom. The van der Waals surface area contributed by atoms with Crippen LogP contribution in [0.3, 0.4) is 0 Å². The molecule has 0 radical (unpaired) electrons. The van der Waals surface area contributed by atoms with Crippen LogP contribution in [0.1, 0.15) is 66.2 Å². The lowest BCUT2D eigenvalue weighted by atomic mass is 9.83. The minimum Gasteiger partial charge on any atom is -0.329 e. The SMILES string of the molecule is CCCC1CCN(C(CC)(CN)CC(C)CC)C1. The molecule has 3 unspecified atom stereocenters.